The van der Waals surface area contributed by atoms with Crippen molar-refractivity contribution < 1.29 is 19.3 Å². The van der Waals surface area contributed by atoms with Crippen LogP contribution in [0.3, 0.4) is 0 Å². The molecule has 13 heavy (non-hydrogen) atoms. The van der Waals surface area contributed by atoms with E-state index in [-0.39, 0.29) is 31.0 Å². The molecule has 0 aromatic heterocycles. The van der Waals surface area contributed by atoms with Crippen LogP contribution >= 0.6 is 0 Å². The van der Waals surface area contributed by atoms with E-state index in [9.17, 15) is 0 Å². The largest absolute Gasteiger partial charge is 0.394 e. The summed E-state index contributed by atoms with van der Waals surface area (Å²) in [6.45, 7) is 5.70. The summed E-state index contributed by atoms with van der Waals surface area (Å²) in [4.78, 5) is 0. The Bertz CT molecular complexity index is 204. The molecule has 3 unspecified atom stereocenters. The minimum atomic E-state index is -0.541. The standard InChI is InChI=1S/C9H16O4/c1-5-7-8(6(4-10)11-5)13-9(2,3)12-7/h5-8,10H,4H2,1-3H3/t5?,6-,7?,8?/m1/s1. The predicted octanol–water partition coefficient (Wildman–Crippen LogP) is 0.286. The second-order valence-corrected chi connectivity index (χ2v) is 4.13. The van der Waals surface area contributed by atoms with E-state index >= 15 is 0 Å². The van der Waals surface area contributed by atoms with Gasteiger partial charge in [0.2, 0.25) is 0 Å². The maximum atomic E-state index is 9.04. The van der Waals surface area contributed by atoms with Gasteiger partial charge in [-0.25, -0.2) is 0 Å². The molecule has 2 aliphatic heterocycles. The van der Waals surface area contributed by atoms with E-state index in [1.54, 1.807) is 0 Å². The van der Waals surface area contributed by atoms with Crippen molar-refractivity contribution in [3.05, 3.63) is 0 Å². The van der Waals surface area contributed by atoms with Gasteiger partial charge in [-0.15, -0.1) is 0 Å². The smallest absolute Gasteiger partial charge is 0.164 e. The van der Waals surface area contributed by atoms with Gasteiger partial charge in [0.1, 0.15) is 18.3 Å². The molecule has 0 radical (unpaired) electrons. The highest BCUT2D eigenvalue weighted by Gasteiger charge is 2.53. The molecule has 0 spiro atoms. The second-order valence-electron chi connectivity index (χ2n) is 4.13. The van der Waals surface area contributed by atoms with Crippen LogP contribution in [0.15, 0.2) is 0 Å². The Hall–Kier alpha value is -0.160. The van der Waals surface area contributed by atoms with Gasteiger partial charge in [-0.1, -0.05) is 0 Å². The lowest BCUT2D eigenvalue weighted by Gasteiger charge is -2.22. The van der Waals surface area contributed by atoms with Crippen molar-refractivity contribution in [2.24, 2.45) is 0 Å². The number of aliphatic hydroxyl groups excluding tert-OH is 1. The molecule has 76 valence electrons. The number of hydrogen-bond acceptors (Lipinski definition) is 4. The van der Waals surface area contributed by atoms with Gasteiger partial charge in [-0.2, -0.15) is 0 Å². The summed E-state index contributed by atoms with van der Waals surface area (Å²) in [5.74, 6) is -0.541. The summed E-state index contributed by atoms with van der Waals surface area (Å²) in [5.41, 5.74) is 0. The third-order valence-electron chi connectivity index (χ3n) is 2.56. The Kier molecular flexibility index (Phi) is 2.11. The minimum Gasteiger partial charge on any atom is -0.394 e. The van der Waals surface area contributed by atoms with Crippen LogP contribution < -0.4 is 0 Å². The number of aliphatic hydroxyl groups is 1. The minimum absolute atomic E-state index is 0.00363. The molecule has 0 aromatic carbocycles. The maximum Gasteiger partial charge on any atom is 0.164 e. The highest BCUT2D eigenvalue weighted by atomic mass is 16.8. The molecule has 0 bridgehead atoms. The van der Waals surface area contributed by atoms with Crippen LogP contribution in [0.2, 0.25) is 0 Å². The third kappa shape index (κ3) is 1.48. The maximum absolute atomic E-state index is 9.04. The molecule has 1 N–H and O–H groups in total. The Labute approximate surface area is 77.8 Å². The van der Waals surface area contributed by atoms with Crippen LogP contribution in [-0.2, 0) is 14.2 Å². The van der Waals surface area contributed by atoms with Gasteiger partial charge in [-0.05, 0) is 20.8 Å². The number of rotatable bonds is 1. The first-order valence-corrected chi connectivity index (χ1v) is 4.65. The van der Waals surface area contributed by atoms with Gasteiger partial charge < -0.3 is 19.3 Å². The molecule has 2 saturated heterocycles. The summed E-state index contributed by atoms with van der Waals surface area (Å²) in [6.07, 6.45) is -0.382. The predicted molar refractivity (Wildman–Crippen MR) is 45.2 cm³/mol. The first-order chi connectivity index (χ1) is 6.03. The molecule has 0 aromatic rings. The average Bonchev–Trinajstić information content (AvgIpc) is 2.47. The summed E-state index contributed by atoms with van der Waals surface area (Å²) in [7, 11) is 0. The van der Waals surface area contributed by atoms with Crippen molar-refractivity contribution in [3.8, 4) is 0 Å². The molecule has 0 amide bonds. The zero-order valence-corrected chi connectivity index (χ0v) is 8.19. The van der Waals surface area contributed by atoms with E-state index < -0.39 is 5.79 Å². The molecule has 2 aliphatic rings. The average molecular weight is 188 g/mol. The molecule has 4 atom stereocenters. The van der Waals surface area contributed by atoms with E-state index in [2.05, 4.69) is 0 Å². The lowest BCUT2D eigenvalue weighted by atomic mass is 10.1. The first kappa shape index (κ1) is 9.40. The number of fused-ring (bicyclic) bond motifs is 1. The molecule has 0 aliphatic carbocycles. The van der Waals surface area contributed by atoms with E-state index in [1.807, 2.05) is 20.8 Å². The van der Waals surface area contributed by atoms with Crippen molar-refractivity contribution in [2.75, 3.05) is 6.61 Å². The quantitative estimate of drug-likeness (QED) is 0.642. The fourth-order valence-corrected chi connectivity index (χ4v) is 2.05. The third-order valence-corrected chi connectivity index (χ3v) is 2.56. The van der Waals surface area contributed by atoms with Gasteiger partial charge in [0.25, 0.3) is 0 Å². The Morgan fingerprint density at radius 1 is 1.23 bits per heavy atom. The lowest BCUT2D eigenvalue weighted by molar-refractivity contribution is -0.188. The molecule has 2 fully saturated rings. The molecule has 4 heteroatoms. The SMILES string of the molecule is CC1O[C@H](CO)C2OC(C)(C)OC12. The molecule has 4 nitrogen and oxygen atoms in total. The zero-order chi connectivity index (χ0) is 9.64. The molecular formula is C9H16O4. The van der Waals surface area contributed by atoms with Gasteiger partial charge >= 0.3 is 0 Å². The highest BCUT2D eigenvalue weighted by Crippen LogP contribution is 2.38. The Morgan fingerprint density at radius 2 is 1.85 bits per heavy atom. The summed E-state index contributed by atoms with van der Waals surface area (Å²) >= 11 is 0. The summed E-state index contributed by atoms with van der Waals surface area (Å²) in [5, 5.41) is 9.04. The first-order valence-electron chi connectivity index (χ1n) is 4.65. The van der Waals surface area contributed by atoms with Crippen molar-refractivity contribution in [2.45, 2.75) is 51.0 Å². The second kappa shape index (κ2) is 2.92. The van der Waals surface area contributed by atoms with E-state index in [0.717, 1.165) is 0 Å². The van der Waals surface area contributed by atoms with Crippen LogP contribution in [0, 0.1) is 0 Å². The number of hydrogen-bond donors (Lipinski definition) is 1. The van der Waals surface area contributed by atoms with Crippen LogP contribution in [0.4, 0.5) is 0 Å². The van der Waals surface area contributed by atoms with Gasteiger partial charge in [0.05, 0.1) is 12.7 Å². The Morgan fingerprint density at radius 3 is 2.46 bits per heavy atom. The van der Waals surface area contributed by atoms with Crippen molar-refractivity contribution in [3.63, 3.8) is 0 Å². The fourth-order valence-electron chi connectivity index (χ4n) is 2.05. The zero-order valence-electron chi connectivity index (χ0n) is 8.19. The number of ether oxygens (including phenoxy) is 3. The van der Waals surface area contributed by atoms with E-state index in [1.165, 1.54) is 0 Å². The van der Waals surface area contributed by atoms with E-state index in [4.69, 9.17) is 19.3 Å². The van der Waals surface area contributed by atoms with Gasteiger partial charge in [-0.3, -0.25) is 0 Å². The fraction of sp³-hybridized carbons (Fsp3) is 1.00. The van der Waals surface area contributed by atoms with Crippen molar-refractivity contribution in [1.82, 2.24) is 0 Å². The normalized spacial score (nSPS) is 48.0. The summed E-state index contributed by atoms with van der Waals surface area (Å²) < 4.78 is 16.8. The summed E-state index contributed by atoms with van der Waals surface area (Å²) in [6, 6.07) is 0. The molecule has 0 saturated carbocycles. The highest BCUT2D eigenvalue weighted by molar-refractivity contribution is 4.96. The van der Waals surface area contributed by atoms with Crippen LogP contribution in [0.5, 0.6) is 0 Å². The Balaban J connectivity index is 2.12. The van der Waals surface area contributed by atoms with Crippen LogP contribution in [-0.4, -0.2) is 41.9 Å². The monoisotopic (exact) mass is 188 g/mol. The van der Waals surface area contributed by atoms with Crippen LogP contribution in [0.25, 0.3) is 0 Å². The van der Waals surface area contributed by atoms with Gasteiger partial charge in [0, 0.05) is 0 Å². The van der Waals surface area contributed by atoms with Crippen molar-refractivity contribution in [1.29, 1.82) is 0 Å². The molecule has 2 heterocycles. The lowest BCUT2D eigenvalue weighted by Crippen LogP contribution is -2.31. The van der Waals surface area contributed by atoms with E-state index in [0.29, 0.717) is 0 Å². The van der Waals surface area contributed by atoms with Crippen LogP contribution in [0.1, 0.15) is 20.8 Å². The topological polar surface area (TPSA) is 47.9 Å². The molecule has 2 rings (SSSR count). The van der Waals surface area contributed by atoms with Crippen molar-refractivity contribution >= 4 is 0 Å². The van der Waals surface area contributed by atoms with Gasteiger partial charge in [0.15, 0.2) is 5.79 Å². The molecular weight excluding hydrogens is 172 g/mol.